The molecule has 0 radical (unpaired) electrons. The molecular formula is C27H43BrF2KN3O-2. The topological polar surface area (TPSA) is 45.9 Å². The summed E-state index contributed by atoms with van der Waals surface area (Å²) in [6.07, 6.45) is 15.2. The molecule has 1 amide bonds. The van der Waals surface area contributed by atoms with Gasteiger partial charge in [0.05, 0.1) is 6.54 Å². The summed E-state index contributed by atoms with van der Waals surface area (Å²) in [6.45, 7) is 12.6. The number of likely N-dealkylation sites (N-methyl/N-ethyl adjacent to an activating group) is 1. The van der Waals surface area contributed by atoms with Crippen molar-refractivity contribution in [2.45, 2.75) is 59.3 Å². The Kier molecular flexibility index (Phi) is 30.4. The maximum absolute atomic E-state index is 13.1. The van der Waals surface area contributed by atoms with Gasteiger partial charge in [0.25, 0.3) is 5.92 Å². The molecule has 0 aromatic carbocycles. The van der Waals surface area contributed by atoms with Crippen molar-refractivity contribution in [3.63, 3.8) is 0 Å². The van der Waals surface area contributed by atoms with Gasteiger partial charge in [-0.15, -0.1) is 0 Å². The molecule has 0 bridgehead atoms. The zero-order chi connectivity index (χ0) is 25.9. The normalized spacial score (nSPS) is 16.3. The van der Waals surface area contributed by atoms with E-state index in [4.69, 9.17) is 5.41 Å². The number of likely N-dealkylation sites (tertiary alicyclic amines) is 1. The number of alkyl halides is 2. The Bertz CT molecular complexity index is 717. The van der Waals surface area contributed by atoms with Crippen LogP contribution in [0, 0.1) is 13.5 Å². The van der Waals surface area contributed by atoms with Crippen LogP contribution in [0.25, 0.3) is 5.41 Å². The third-order valence-electron chi connectivity index (χ3n) is 4.29. The maximum Gasteiger partial charge on any atom is 1.00 e. The fraction of sp³-hybridized carbons (Fsp3) is 0.519. The van der Waals surface area contributed by atoms with Gasteiger partial charge < -0.3 is 22.6 Å². The van der Waals surface area contributed by atoms with Crippen LogP contribution in [0.15, 0.2) is 52.6 Å². The minimum Gasteiger partial charge on any atom is -0.811 e. The van der Waals surface area contributed by atoms with Crippen LogP contribution in [-0.2, 0) is 4.79 Å². The van der Waals surface area contributed by atoms with Gasteiger partial charge in [-0.2, -0.15) is 18.4 Å². The number of hydrogen-bond acceptors (Lipinski definition) is 2. The van der Waals surface area contributed by atoms with Crippen LogP contribution in [0.4, 0.5) is 8.78 Å². The van der Waals surface area contributed by atoms with Gasteiger partial charge >= 0.3 is 51.4 Å². The van der Waals surface area contributed by atoms with Crippen LogP contribution in [0.1, 0.15) is 53.4 Å². The fourth-order valence-corrected chi connectivity index (χ4v) is 3.02. The van der Waals surface area contributed by atoms with Gasteiger partial charge in [-0.25, -0.2) is 14.9 Å². The Hall–Kier alpha value is -0.224. The van der Waals surface area contributed by atoms with Crippen molar-refractivity contribution < 1.29 is 65.0 Å². The summed E-state index contributed by atoms with van der Waals surface area (Å²) in [5.41, 5.74) is 1.54. The number of halogens is 3. The van der Waals surface area contributed by atoms with Crippen molar-refractivity contribution in [3.8, 4) is 0 Å². The van der Waals surface area contributed by atoms with E-state index in [1.54, 1.807) is 30.0 Å². The van der Waals surface area contributed by atoms with E-state index in [-0.39, 0.29) is 77.7 Å². The summed E-state index contributed by atoms with van der Waals surface area (Å²) >= 11 is 3.21. The second-order valence-corrected chi connectivity index (χ2v) is 7.92. The molecule has 0 spiro atoms. The molecule has 2 aliphatic rings. The third-order valence-corrected chi connectivity index (χ3v) is 5.06. The minimum absolute atomic E-state index is 0. The molecule has 1 fully saturated rings. The largest absolute Gasteiger partial charge is 1.00 e. The smallest absolute Gasteiger partial charge is 0.811 e. The molecule has 1 heterocycles. The van der Waals surface area contributed by atoms with Crippen LogP contribution < -0.4 is 51.4 Å². The number of carbonyl (C=O) groups excluding carboxylic acids is 1. The van der Waals surface area contributed by atoms with Gasteiger partial charge in [0.1, 0.15) is 0 Å². The Labute approximate surface area is 264 Å². The van der Waals surface area contributed by atoms with Gasteiger partial charge in [0.15, 0.2) is 0 Å². The quantitative estimate of drug-likeness (QED) is 0.202. The van der Waals surface area contributed by atoms with Crippen molar-refractivity contribution in [2.24, 2.45) is 0 Å². The molecule has 8 heteroatoms. The zero-order valence-corrected chi connectivity index (χ0v) is 27.7. The monoisotopic (exact) mass is 581 g/mol. The first-order valence-electron chi connectivity index (χ1n) is 11.4. The van der Waals surface area contributed by atoms with Gasteiger partial charge in [-0.05, 0) is 25.8 Å². The van der Waals surface area contributed by atoms with E-state index < -0.39 is 5.92 Å². The first-order chi connectivity index (χ1) is 15.7. The van der Waals surface area contributed by atoms with Crippen molar-refractivity contribution in [2.75, 3.05) is 33.7 Å². The summed E-state index contributed by atoms with van der Waals surface area (Å²) < 4.78 is 26.9. The van der Waals surface area contributed by atoms with E-state index in [1.165, 1.54) is 6.08 Å². The van der Waals surface area contributed by atoms with Crippen molar-refractivity contribution in [1.82, 2.24) is 9.80 Å². The molecule has 0 unspecified atom stereocenters. The Morgan fingerprint density at radius 3 is 2.37 bits per heavy atom. The summed E-state index contributed by atoms with van der Waals surface area (Å²) in [5.74, 6) is -2.45. The van der Waals surface area contributed by atoms with E-state index in [0.717, 1.165) is 24.6 Å². The Balaban J connectivity index is -0.000000245. The van der Waals surface area contributed by atoms with E-state index in [0.29, 0.717) is 29.6 Å². The SMILES string of the molecule is C=C(C=[C-]CN1CCCC(F)(F)C1)/C(Br)=C\C=[N-].CC.CC.CN(C)C(=O)C1=CC=CCC1.[CH3-].[K+]. The average Bonchev–Trinajstić information content (AvgIpc) is 2.81. The first kappa shape index (κ1) is 41.9. The molecule has 0 N–H and O–H groups in total. The number of piperidine rings is 1. The van der Waals surface area contributed by atoms with Gasteiger partial charge in [0, 0.05) is 26.1 Å². The molecule has 0 aromatic heterocycles. The molecule has 4 nitrogen and oxygen atoms in total. The maximum atomic E-state index is 13.1. The first-order valence-corrected chi connectivity index (χ1v) is 12.2. The van der Waals surface area contributed by atoms with Crippen molar-refractivity contribution >= 4 is 28.1 Å². The molecule has 1 aliphatic heterocycles. The zero-order valence-electron chi connectivity index (χ0n) is 23.0. The van der Waals surface area contributed by atoms with Crippen LogP contribution >= 0.6 is 15.9 Å². The number of hydrogen-bond donors (Lipinski definition) is 0. The number of carbonyl (C=O) groups is 1. The van der Waals surface area contributed by atoms with E-state index in [9.17, 15) is 13.6 Å². The number of nitrogens with zero attached hydrogens (tertiary/aromatic N) is 3. The van der Waals surface area contributed by atoms with Crippen LogP contribution in [0.2, 0.25) is 0 Å². The molecule has 35 heavy (non-hydrogen) atoms. The minimum atomic E-state index is -2.58. The number of amides is 1. The predicted molar refractivity (Wildman–Crippen MR) is 148 cm³/mol. The number of rotatable bonds is 6. The summed E-state index contributed by atoms with van der Waals surface area (Å²) in [7, 11) is 3.56. The van der Waals surface area contributed by atoms with Gasteiger partial charge in [0.2, 0.25) is 5.91 Å². The van der Waals surface area contributed by atoms with Crippen LogP contribution in [0.3, 0.4) is 0 Å². The molecular weight excluding hydrogens is 539 g/mol. The summed E-state index contributed by atoms with van der Waals surface area (Å²) in [6, 6.07) is 0. The fourth-order valence-electron chi connectivity index (χ4n) is 2.79. The average molecular weight is 583 g/mol. The molecule has 0 saturated carbocycles. The molecule has 2 rings (SSSR count). The summed E-state index contributed by atoms with van der Waals surface area (Å²) in [5, 5.41) is 8.57. The Morgan fingerprint density at radius 1 is 1.31 bits per heavy atom. The third kappa shape index (κ3) is 20.5. The van der Waals surface area contributed by atoms with Crippen LogP contribution in [-0.4, -0.2) is 61.6 Å². The van der Waals surface area contributed by atoms with Crippen molar-refractivity contribution in [3.05, 3.63) is 71.5 Å². The standard InChI is InChI=1S/C13H15BrF2N2.C9H13NO.2C2H6.CH3.K/c1-11(12(14)5-7-17)4-2-8-18-9-3-6-13(15,16)10-18;1-10(2)9(11)8-6-4-3-5-7-8;2*1-2;;/h4-5,7H,1,3,6,8-10H2;3-4,6H,5,7H2,1-2H3;2*1-2H3;1H3;/q-2;;;;-1;+1/b12-5+;;;;;. The second kappa shape index (κ2) is 25.4. The predicted octanol–water partition coefficient (Wildman–Crippen LogP) is 4.41. The van der Waals surface area contributed by atoms with E-state index >= 15 is 0 Å². The Morgan fingerprint density at radius 2 is 1.91 bits per heavy atom. The molecule has 196 valence electrons. The van der Waals surface area contributed by atoms with E-state index in [1.807, 2.05) is 39.8 Å². The van der Waals surface area contributed by atoms with E-state index in [2.05, 4.69) is 34.7 Å². The second-order valence-electron chi connectivity index (χ2n) is 7.07. The van der Waals surface area contributed by atoms with Gasteiger partial charge in [-0.1, -0.05) is 79.0 Å². The number of allylic oxidation sites excluding steroid dienone is 7. The van der Waals surface area contributed by atoms with Crippen LogP contribution in [0.5, 0.6) is 0 Å². The molecule has 1 saturated heterocycles. The summed E-state index contributed by atoms with van der Waals surface area (Å²) in [4.78, 5) is 14.6. The molecule has 1 aliphatic carbocycles. The van der Waals surface area contributed by atoms with Gasteiger partial charge in [-0.3, -0.25) is 10.9 Å². The molecule has 0 aromatic rings. The molecule has 0 atom stereocenters. The van der Waals surface area contributed by atoms with Crippen molar-refractivity contribution in [1.29, 1.82) is 0 Å².